The summed E-state index contributed by atoms with van der Waals surface area (Å²) < 4.78 is 5.80. The van der Waals surface area contributed by atoms with Crippen molar-refractivity contribution >= 4 is 5.97 Å². The number of hydrogen-bond acceptors (Lipinski definition) is 2. The average molecular weight is 258 g/mol. The lowest BCUT2D eigenvalue weighted by molar-refractivity contribution is -0.156. The summed E-state index contributed by atoms with van der Waals surface area (Å²) in [6.07, 6.45) is 2.86. The Morgan fingerprint density at radius 3 is 2.63 bits per heavy atom. The number of aryl methyl sites for hydroxylation is 2. The number of rotatable bonds is 2. The van der Waals surface area contributed by atoms with Crippen LogP contribution in [0.3, 0.4) is 0 Å². The first-order chi connectivity index (χ1) is 8.83. The van der Waals surface area contributed by atoms with E-state index < -0.39 is 0 Å². The molecule has 0 heterocycles. The van der Waals surface area contributed by atoms with Crippen LogP contribution in [-0.4, -0.2) is 5.97 Å². The van der Waals surface area contributed by atoms with Crippen LogP contribution in [-0.2, 0) is 16.0 Å². The Kier molecular flexibility index (Phi) is 2.57. The van der Waals surface area contributed by atoms with E-state index in [1.54, 1.807) is 0 Å². The van der Waals surface area contributed by atoms with Crippen LogP contribution in [0.1, 0.15) is 56.4 Å². The molecular formula is C17H22O2. The predicted octanol–water partition coefficient (Wildman–Crippen LogP) is 3.96. The molecule has 2 aliphatic carbocycles. The van der Waals surface area contributed by atoms with Crippen molar-refractivity contribution in [3.8, 4) is 0 Å². The molecule has 0 amide bonds. The number of ether oxygens (including phenoxy) is 1. The van der Waals surface area contributed by atoms with E-state index in [-0.39, 0.29) is 22.9 Å². The Balaban J connectivity index is 1.76. The molecule has 0 radical (unpaired) electrons. The van der Waals surface area contributed by atoms with Gasteiger partial charge in [0.1, 0.15) is 6.10 Å². The molecule has 0 N–H and O–H groups in total. The molecule has 1 aromatic rings. The molecule has 2 atom stereocenters. The number of benzene rings is 1. The lowest BCUT2D eigenvalue weighted by atomic mass is 9.98. The predicted molar refractivity (Wildman–Crippen MR) is 74.8 cm³/mol. The summed E-state index contributed by atoms with van der Waals surface area (Å²) in [5.41, 5.74) is 3.65. The largest absolute Gasteiger partial charge is 0.457 e. The number of esters is 1. The van der Waals surface area contributed by atoms with Gasteiger partial charge in [-0.3, -0.25) is 4.79 Å². The standard InChI is InChI=1S/C17H22O2/c1-11-5-7-13-12(9-11)6-8-14(13)19-15(18)17(4)10-16(17,2)3/h5,7,9,14H,6,8,10H2,1-4H3. The van der Waals surface area contributed by atoms with Gasteiger partial charge in [0.25, 0.3) is 0 Å². The molecule has 0 spiro atoms. The Bertz CT molecular complexity index is 544. The maximum atomic E-state index is 12.4. The van der Waals surface area contributed by atoms with Crippen molar-refractivity contribution < 1.29 is 9.53 Å². The smallest absolute Gasteiger partial charge is 0.312 e. The second-order valence-corrected chi connectivity index (χ2v) is 7.03. The molecule has 1 saturated carbocycles. The van der Waals surface area contributed by atoms with E-state index >= 15 is 0 Å². The van der Waals surface area contributed by atoms with Crippen molar-refractivity contribution in [1.82, 2.24) is 0 Å². The van der Waals surface area contributed by atoms with E-state index in [2.05, 4.69) is 39.0 Å². The molecule has 0 bridgehead atoms. The minimum Gasteiger partial charge on any atom is -0.457 e. The van der Waals surface area contributed by atoms with E-state index in [0.717, 1.165) is 19.3 Å². The minimum atomic E-state index is -0.277. The fourth-order valence-electron chi connectivity index (χ4n) is 3.28. The molecule has 2 aliphatic rings. The first kappa shape index (κ1) is 12.7. The van der Waals surface area contributed by atoms with Crippen LogP contribution in [0.2, 0.25) is 0 Å². The third-order valence-corrected chi connectivity index (χ3v) is 5.19. The summed E-state index contributed by atoms with van der Waals surface area (Å²) in [6, 6.07) is 6.44. The summed E-state index contributed by atoms with van der Waals surface area (Å²) in [5.74, 6) is -0.0177. The van der Waals surface area contributed by atoms with Gasteiger partial charge in [-0.25, -0.2) is 0 Å². The van der Waals surface area contributed by atoms with Crippen molar-refractivity contribution in [2.24, 2.45) is 10.8 Å². The van der Waals surface area contributed by atoms with Crippen molar-refractivity contribution in [2.45, 2.75) is 53.1 Å². The maximum absolute atomic E-state index is 12.4. The lowest BCUT2D eigenvalue weighted by Crippen LogP contribution is -2.22. The Hall–Kier alpha value is -1.31. The molecular weight excluding hydrogens is 236 g/mol. The normalized spacial score (nSPS) is 30.8. The van der Waals surface area contributed by atoms with Gasteiger partial charge in [0.2, 0.25) is 0 Å². The zero-order valence-corrected chi connectivity index (χ0v) is 12.2. The van der Waals surface area contributed by atoms with Crippen molar-refractivity contribution in [3.05, 3.63) is 34.9 Å². The molecule has 2 nitrogen and oxygen atoms in total. The van der Waals surface area contributed by atoms with Gasteiger partial charge in [0.15, 0.2) is 0 Å². The Labute approximate surface area is 115 Å². The second-order valence-electron chi connectivity index (χ2n) is 7.03. The van der Waals surface area contributed by atoms with Crippen LogP contribution in [0, 0.1) is 17.8 Å². The van der Waals surface area contributed by atoms with E-state index in [1.807, 2.05) is 6.92 Å². The van der Waals surface area contributed by atoms with Crippen LogP contribution >= 0.6 is 0 Å². The van der Waals surface area contributed by atoms with Crippen molar-refractivity contribution in [2.75, 3.05) is 0 Å². The highest BCUT2D eigenvalue weighted by molar-refractivity contribution is 5.81. The minimum absolute atomic E-state index is 0.0177. The first-order valence-corrected chi connectivity index (χ1v) is 7.14. The monoisotopic (exact) mass is 258 g/mol. The molecule has 1 fully saturated rings. The number of carbonyl (C=O) groups excluding carboxylic acids is 1. The average Bonchev–Trinajstić information content (AvgIpc) is 2.68. The van der Waals surface area contributed by atoms with Crippen LogP contribution in [0.25, 0.3) is 0 Å². The van der Waals surface area contributed by atoms with Crippen LogP contribution in [0.4, 0.5) is 0 Å². The Morgan fingerprint density at radius 2 is 2.00 bits per heavy atom. The van der Waals surface area contributed by atoms with E-state index in [4.69, 9.17) is 4.74 Å². The second kappa shape index (κ2) is 3.84. The molecule has 0 aliphatic heterocycles. The van der Waals surface area contributed by atoms with Gasteiger partial charge in [-0.15, -0.1) is 0 Å². The molecule has 0 saturated heterocycles. The number of fused-ring (bicyclic) bond motifs is 1. The fraction of sp³-hybridized carbons (Fsp3) is 0.588. The van der Waals surface area contributed by atoms with Crippen LogP contribution in [0.5, 0.6) is 0 Å². The van der Waals surface area contributed by atoms with Gasteiger partial charge in [-0.1, -0.05) is 37.6 Å². The highest BCUT2D eigenvalue weighted by Gasteiger charge is 2.64. The molecule has 2 heteroatoms. The van der Waals surface area contributed by atoms with Gasteiger partial charge in [-0.2, -0.15) is 0 Å². The molecule has 102 valence electrons. The van der Waals surface area contributed by atoms with Crippen LogP contribution < -0.4 is 0 Å². The molecule has 19 heavy (non-hydrogen) atoms. The van der Waals surface area contributed by atoms with Crippen LogP contribution in [0.15, 0.2) is 18.2 Å². The Morgan fingerprint density at radius 1 is 1.32 bits per heavy atom. The topological polar surface area (TPSA) is 26.3 Å². The van der Waals surface area contributed by atoms with E-state index in [1.165, 1.54) is 16.7 Å². The van der Waals surface area contributed by atoms with Gasteiger partial charge in [-0.05, 0) is 49.7 Å². The van der Waals surface area contributed by atoms with E-state index in [9.17, 15) is 4.79 Å². The third-order valence-electron chi connectivity index (χ3n) is 5.19. The maximum Gasteiger partial charge on any atom is 0.312 e. The number of carbonyl (C=O) groups is 1. The highest BCUT2D eigenvalue weighted by atomic mass is 16.5. The summed E-state index contributed by atoms with van der Waals surface area (Å²) in [7, 11) is 0. The highest BCUT2D eigenvalue weighted by Crippen LogP contribution is 2.64. The first-order valence-electron chi connectivity index (χ1n) is 7.14. The van der Waals surface area contributed by atoms with Crippen molar-refractivity contribution in [3.63, 3.8) is 0 Å². The quantitative estimate of drug-likeness (QED) is 0.750. The molecule has 2 unspecified atom stereocenters. The zero-order valence-electron chi connectivity index (χ0n) is 12.2. The van der Waals surface area contributed by atoms with Gasteiger partial charge in [0.05, 0.1) is 5.41 Å². The SMILES string of the molecule is Cc1ccc2c(c1)CCC2OC(=O)C1(C)CC1(C)C. The summed E-state index contributed by atoms with van der Waals surface area (Å²) in [6.45, 7) is 8.41. The fourth-order valence-corrected chi connectivity index (χ4v) is 3.28. The summed E-state index contributed by atoms with van der Waals surface area (Å²) in [4.78, 5) is 12.4. The van der Waals surface area contributed by atoms with Gasteiger partial charge in [0, 0.05) is 0 Å². The van der Waals surface area contributed by atoms with E-state index in [0.29, 0.717) is 0 Å². The third kappa shape index (κ3) is 1.89. The summed E-state index contributed by atoms with van der Waals surface area (Å²) in [5, 5.41) is 0. The molecule has 1 aromatic carbocycles. The van der Waals surface area contributed by atoms with Crippen molar-refractivity contribution in [1.29, 1.82) is 0 Å². The van der Waals surface area contributed by atoms with Gasteiger partial charge >= 0.3 is 5.97 Å². The lowest BCUT2D eigenvalue weighted by Gasteiger charge is -2.19. The van der Waals surface area contributed by atoms with Gasteiger partial charge < -0.3 is 4.74 Å². The summed E-state index contributed by atoms with van der Waals surface area (Å²) >= 11 is 0. The molecule has 3 rings (SSSR count). The number of hydrogen-bond donors (Lipinski definition) is 0. The molecule has 0 aromatic heterocycles. The zero-order chi connectivity index (χ0) is 13.8.